The van der Waals surface area contributed by atoms with Gasteiger partial charge in [0.05, 0.1) is 16.3 Å². The fraction of sp³-hybridized carbons (Fsp3) is 0.200. The Morgan fingerprint density at radius 2 is 2.00 bits per heavy atom. The number of amides is 1. The van der Waals surface area contributed by atoms with Crippen molar-refractivity contribution in [2.45, 2.75) is 12.6 Å². The molecule has 3 nitrogen and oxygen atoms in total. The normalized spacial score (nSPS) is 11.2. The zero-order valence-electron chi connectivity index (χ0n) is 8.65. The first-order chi connectivity index (χ1) is 8.24. The molecular weight excluding hydrogens is 278 g/mol. The topological polar surface area (TPSA) is 46.2 Å². The van der Waals surface area contributed by atoms with Crippen LogP contribution in [-0.2, 0) is 4.79 Å². The average molecular weight is 284 g/mol. The highest BCUT2D eigenvalue weighted by molar-refractivity contribution is 6.33. The van der Waals surface area contributed by atoms with Crippen LogP contribution in [0.4, 0.5) is 23.2 Å². The Hall–Kier alpha value is -1.63. The summed E-state index contributed by atoms with van der Waals surface area (Å²) in [6.45, 7) is 0. The Kier molecular flexibility index (Phi) is 4.28. The van der Waals surface area contributed by atoms with Gasteiger partial charge in [0, 0.05) is 0 Å². The van der Waals surface area contributed by atoms with Crippen molar-refractivity contribution in [3.8, 4) is 0 Å². The van der Waals surface area contributed by atoms with Crippen molar-refractivity contribution < 1.29 is 27.2 Å². The van der Waals surface area contributed by atoms with E-state index in [2.05, 4.69) is 0 Å². The van der Waals surface area contributed by atoms with Crippen molar-refractivity contribution in [2.24, 2.45) is 0 Å². The number of benzene rings is 1. The number of alkyl halides is 3. The third-order valence-electron chi connectivity index (χ3n) is 1.89. The maximum atomic E-state index is 13.0. The molecular formula is C10H6ClF4NO2. The summed E-state index contributed by atoms with van der Waals surface area (Å²) in [6, 6.07) is 1.79. The van der Waals surface area contributed by atoms with Crippen LogP contribution in [-0.4, -0.2) is 18.4 Å². The lowest BCUT2D eigenvalue weighted by Gasteiger charge is -2.10. The quantitative estimate of drug-likeness (QED) is 0.684. The molecule has 0 aromatic heterocycles. The van der Waals surface area contributed by atoms with Gasteiger partial charge in [-0.05, 0) is 12.1 Å². The van der Waals surface area contributed by atoms with Crippen LogP contribution < -0.4 is 5.32 Å². The van der Waals surface area contributed by atoms with Gasteiger partial charge in [-0.25, -0.2) is 4.39 Å². The second kappa shape index (κ2) is 5.34. The van der Waals surface area contributed by atoms with Gasteiger partial charge in [0.25, 0.3) is 0 Å². The van der Waals surface area contributed by atoms with Crippen LogP contribution in [0.25, 0.3) is 0 Å². The maximum absolute atomic E-state index is 13.0. The Labute approximate surface area is 104 Å². The molecule has 0 radical (unpaired) electrons. The molecule has 0 heterocycles. The lowest BCUT2D eigenvalue weighted by atomic mass is 10.2. The lowest BCUT2D eigenvalue weighted by molar-refractivity contribution is -0.150. The van der Waals surface area contributed by atoms with Crippen molar-refractivity contribution in [3.05, 3.63) is 28.5 Å². The Morgan fingerprint density at radius 3 is 2.50 bits per heavy atom. The summed E-state index contributed by atoms with van der Waals surface area (Å²) in [5.74, 6) is -2.28. The van der Waals surface area contributed by atoms with Gasteiger partial charge in [-0.15, -0.1) is 0 Å². The molecule has 1 N–H and O–H groups in total. The largest absolute Gasteiger partial charge is 0.397 e. The van der Waals surface area contributed by atoms with Crippen molar-refractivity contribution >= 4 is 29.5 Å². The first kappa shape index (κ1) is 14.4. The Bertz CT molecular complexity index is 488. The van der Waals surface area contributed by atoms with Gasteiger partial charge in [0.15, 0.2) is 6.29 Å². The van der Waals surface area contributed by atoms with E-state index in [1.54, 1.807) is 0 Å². The van der Waals surface area contributed by atoms with Gasteiger partial charge in [-0.1, -0.05) is 11.6 Å². The van der Waals surface area contributed by atoms with Gasteiger partial charge in [0.1, 0.15) is 12.2 Å². The summed E-state index contributed by atoms with van der Waals surface area (Å²) in [6.07, 6.45) is -6.23. The van der Waals surface area contributed by atoms with Crippen molar-refractivity contribution in [2.75, 3.05) is 5.32 Å². The number of nitrogens with one attached hydrogen (secondary N) is 1. The standard InChI is InChI=1S/C10H6ClF4NO2/c11-9-5(4-17)7(2-1-6(9)12)16-8(18)3-10(13,14)15/h1-2,4H,3H2,(H,16,18). The molecule has 1 rings (SSSR count). The van der Waals surface area contributed by atoms with Crippen molar-refractivity contribution in [3.63, 3.8) is 0 Å². The van der Waals surface area contributed by atoms with Gasteiger partial charge in [0.2, 0.25) is 5.91 Å². The molecule has 0 saturated heterocycles. The fourth-order valence-electron chi connectivity index (χ4n) is 1.17. The van der Waals surface area contributed by atoms with Crippen LogP contribution in [0, 0.1) is 5.82 Å². The molecule has 18 heavy (non-hydrogen) atoms. The van der Waals surface area contributed by atoms with Gasteiger partial charge in [-0.2, -0.15) is 13.2 Å². The first-order valence-corrected chi connectivity index (χ1v) is 4.92. The zero-order valence-corrected chi connectivity index (χ0v) is 9.40. The monoisotopic (exact) mass is 283 g/mol. The minimum absolute atomic E-state index is 0.147. The van der Waals surface area contributed by atoms with Crippen LogP contribution in [0.5, 0.6) is 0 Å². The summed E-state index contributed by atoms with van der Waals surface area (Å²) in [5.41, 5.74) is -0.683. The van der Waals surface area contributed by atoms with Crippen LogP contribution in [0.1, 0.15) is 16.8 Å². The van der Waals surface area contributed by atoms with E-state index in [9.17, 15) is 27.2 Å². The Morgan fingerprint density at radius 1 is 1.39 bits per heavy atom. The molecule has 98 valence electrons. The molecule has 0 unspecified atom stereocenters. The van der Waals surface area contributed by atoms with Crippen LogP contribution >= 0.6 is 11.6 Å². The predicted octanol–water partition coefficient (Wildman–Crippen LogP) is 3.18. The molecule has 0 bridgehead atoms. The number of carbonyl (C=O) groups excluding carboxylic acids is 2. The second-order valence-electron chi connectivity index (χ2n) is 3.28. The van der Waals surface area contributed by atoms with Gasteiger partial charge in [-0.3, -0.25) is 9.59 Å². The van der Waals surface area contributed by atoms with Crippen LogP contribution in [0.3, 0.4) is 0 Å². The number of rotatable bonds is 3. The molecule has 8 heteroatoms. The first-order valence-electron chi connectivity index (χ1n) is 4.54. The number of anilines is 1. The van der Waals surface area contributed by atoms with E-state index in [1.807, 2.05) is 5.32 Å². The van der Waals surface area contributed by atoms with Crippen molar-refractivity contribution in [1.82, 2.24) is 0 Å². The maximum Gasteiger partial charge on any atom is 0.397 e. The third kappa shape index (κ3) is 3.69. The third-order valence-corrected chi connectivity index (χ3v) is 2.27. The number of hydrogen-bond donors (Lipinski definition) is 1. The SMILES string of the molecule is O=Cc1c(NC(=O)CC(F)(F)F)ccc(F)c1Cl. The molecule has 0 aliphatic heterocycles. The summed E-state index contributed by atoms with van der Waals surface area (Å²) in [7, 11) is 0. The molecule has 1 aromatic rings. The Balaban J connectivity index is 2.95. The van der Waals surface area contributed by atoms with E-state index >= 15 is 0 Å². The smallest absolute Gasteiger partial charge is 0.325 e. The van der Waals surface area contributed by atoms with E-state index < -0.39 is 34.9 Å². The predicted molar refractivity (Wildman–Crippen MR) is 56.1 cm³/mol. The zero-order chi connectivity index (χ0) is 13.9. The highest BCUT2D eigenvalue weighted by Crippen LogP contribution is 2.27. The summed E-state index contributed by atoms with van der Waals surface area (Å²) < 4.78 is 48.7. The summed E-state index contributed by atoms with van der Waals surface area (Å²) >= 11 is 5.44. The highest BCUT2D eigenvalue weighted by atomic mass is 35.5. The van der Waals surface area contributed by atoms with Crippen LogP contribution in [0.2, 0.25) is 5.02 Å². The van der Waals surface area contributed by atoms with E-state index in [4.69, 9.17) is 11.6 Å². The number of hydrogen-bond acceptors (Lipinski definition) is 2. The molecule has 0 saturated carbocycles. The van der Waals surface area contributed by atoms with Crippen molar-refractivity contribution in [1.29, 1.82) is 0 Å². The van der Waals surface area contributed by atoms with E-state index in [0.29, 0.717) is 0 Å². The highest BCUT2D eigenvalue weighted by Gasteiger charge is 2.31. The molecule has 0 atom stereocenters. The van der Waals surface area contributed by atoms with Gasteiger partial charge >= 0.3 is 6.18 Å². The second-order valence-corrected chi connectivity index (χ2v) is 3.66. The van der Waals surface area contributed by atoms with E-state index in [1.165, 1.54) is 0 Å². The molecule has 0 spiro atoms. The molecule has 0 aliphatic carbocycles. The molecule has 1 amide bonds. The summed E-state index contributed by atoms with van der Waals surface area (Å²) in [4.78, 5) is 21.7. The van der Waals surface area contributed by atoms with Crippen LogP contribution in [0.15, 0.2) is 12.1 Å². The minimum atomic E-state index is -4.67. The molecule has 1 aromatic carbocycles. The van der Waals surface area contributed by atoms with E-state index in [0.717, 1.165) is 12.1 Å². The number of aldehydes is 1. The molecule has 0 aliphatic rings. The average Bonchev–Trinajstić information content (AvgIpc) is 2.21. The van der Waals surface area contributed by atoms with Gasteiger partial charge < -0.3 is 5.32 Å². The van der Waals surface area contributed by atoms with E-state index in [-0.39, 0.29) is 12.0 Å². The lowest BCUT2D eigenvalue weighted by Crippen LogP contribution is -2.21. The molecule has 0 fully saturated rings. The minimum Gasteiger partial charge on any atom is -0.325 e. The fourth-order valence-corrected chi connectivity index (χ4v) is 1.38. The summed E-state index contributed by atoms with van der Waals surface area (Å²) in [5, 5.41) is 1.28. The number of carbonyl (C=O) groups is 2. The number of halogens is 5.